The van der Waals surface area contributed by atoms with E-state index >= 15 is 0 Å². The molecule has 0 spiro atoms. The van der Waals surface area contributed by atoms with Crippen LogP contribution in [0.4, 0.5) is 0 Å². The van der Waals surface area contributed by atoms with E-state index in [1.54, 1.807) is 11.0 Å². The number of nitrogens with zero attached hydrogens (tertiary/aromatic N) is 7. The Labute approximate surface area is 151 Å². The first-order valence-electron chi connectivity index (χ1n) is 8.77. The minimum Gasteiger partial charge on any atom is -0.356 e. The lowest BCUT2D eigenvalue weighted by Gasteiger charge is -2.31. The van der Waals surface area contributed by atoms with Crippen LogP contribution in [-0.4, -0.2) is 65.9 Å². The van der Waals surface area contributed by atoms with Crippen LogP contribution in [0.5, 0.6) is 0 Å². The highest BCUT2D eigenvalue weighted by Crippen LogP contribution is 2.27. The molecule has 1 aliphatic rings. The van der Waals surface area contributed by atoms with E-state index in [-0.39, 0.29) is 17.7 Å². The molecule has 2 aromatic heterocycles. The van der Waals surface area contributed by atoms with Gasteiger partial charge in [0.15, 0.2) is 5.82 Å². The molecule has 3 heterocycles. The van der Waals surface area contributed by atoms with Crippen LogP contribution in [-0.2, 0) is 23.2 Å². The standard InChI is InChI=1S/C16H24N8O2/c1-12(25)18-6-3-15(26)23-7-4-13(5-8-23)16-21-20-14(22(16)2)9-24-11-17-10-19-24/h10-11,13H,3-9H2,1-2H3,(H,18,25). The van der Waals surface area contributed by atoms with E-state index < -0.39 is 0 Å². The zero-order chi connectivity index (χ0) is 18.5. The lowest BCUT2D eigenvalue weighted by Crippen LogP contribution is -2.39. The maximum atomic E-state index is 12.2. The molecule has 2 aromatic rings. The second-order valence-corrected chi connectivity index (χ2v) is 6.51. The molecule has 140 valence electrons. The molecular weight excluding hydrogens is 336 g/mol. The number of hydrogen-bond donors (Lipinski definition) is 1. The molecule has 1 fully saturated rings. The van der Waals surface area contributed by atoms with Crippen molar-refractivity contribution in [1.82, 2.24) is 39.7 Å². The summed E-state index contributed by atoms with van der Waals surface area (Å²) in [6.07, 6.45) is 5.22. The van der Waals surface area contributed by atoms with Gasteiger partial charge in [0.05, 0.1) is 0 Å². The first kappa shape index (κ1) is 18.0. The van der Waals surface area contributed by atoms with Gasteiger partial charge in [-0.25, -0.2) is 9.67 Å². The minimum atomic E-state index is -0.111. The summed E-state index contributed by atoms with van der Waals surface area (Å²) < 4.78 is 3.73. The number of nitrogens with one attached hydrogen (secondary N) is 1. The normalized spacial score (nSPS) is 15.2. The van der Waals surface area contributed by atoms with Crippen LogP contribution in [0.15, 0.2) is 12.7 Å². The van der Waals surface area contributed by atoms with Crippen LogP contribution in [0.3, 0.4) is 0 Å². The van der Waals surface area contributed by atoms with Crippen molar-refractivity contribution in [2.24, 2.45) is 7.05 Å². The van der Waals surface area contributed by atoms with Crippen molar-refractivity contribution in [3.05, 3.63) is 24.3 Å². The number of carbonyl (C=O) groups excluding carboxylic acids is 2. The Hall–Kier alpha value is -2.78. The Bertz CT molecular complexity index is 746. The maximum absolute atomic E-state index is 12.2. The average Bonchev–Trinajstić information content (AvgIpc) is 3.26. The number of rotatable bonds is 6. The molecule has 0 saturated carbocycles. The second-order valence-electron chi connectivity index (χ2n) is 6.51. The summed E-state index contributed by atoms with van der Waals surface area (Å²) in [5, 5.41) is 15.4. The van der Waals surface area contributed by atoms with Gasteiger partial charge in [-0.15, -0.1) is 10.2 Å². The maximum Gasteiger partial charge on any atom is 0.224 e. The summed E-state index contributed by atoms with van der Waals surface area (Å²) in [4.78, 5) is 28.9. The van der Waals surface area contributed by atoms with E-state index in [4.69, 9.17) is 0 Å². The van der Waals surface area contributed by atoms with Gasteiger partial charge in [0.2, 0.25) is 11.8 Å². The van der Waals surface area contributed by atoms with E-state index in [0.717, 1.165) is 24.5 Å². The Morgan fingerprint density at radius 2 is 2.04 bits per heavy atom. The molecule has 0 unspecified atom stereocenters. The Morgan fingerprint density at radius 1 is 1.27 bits per heavy atom. The molecule has 0 radical (unpaired) electrons. The molecule has 10 nitrogen and oxygen atoms in total. The highest BCUT2D eigenvalue weighted by molar-refractivity contribution is 5.78. The van der Waals surface area contributed by atoms with Crippen LogP contribution in [0.2, 0.25) is 0 Å². The fraction of sp³-hybridized carbons (Fsp3) is 0.625. The zero-order valence-electron chi connectivity index (χ0n) is 15.1. The number of amides is 2. The van der Waals surface area contributed by atoms with Gasteiger partial charge in [-0.3, -0.25) is 9.59 Å². The summed E-state index contributed by atoms with van der Waals surface area (Å²) in [6.45, 7) is 3.78. The van der Waals surface area contributed by atoms with Crippen molar-refractivity contribution in [1.29, 1.82) is 0 Å². The van der Waals surface area contributed by atoms with Crippen LogP contribution in [0.1, 0.15) is 43.8 Å². The van der Waals surface area contributed by atoms with Gasteiger partial charge in [0.1, 0.15) is 25.0 Å². The zero-order valence-corrected chi connectivity index (χ0v) is 15.1. The fourth-order valence-electron chi connectivity index (χ4n) is 3.22. The molecule has 26 heavy (non-hydrogen) atoms. The van der Waals surface area contributed by atoms with Crippen LogP contribution in [0.25, 0.3) is 0 Å². The van der Waals surface area contributed by atoms with Crippen molar-refractivity contribution in [3.8, 4) is 0 Å². The molecule has 10 heteroatoms. The molecule has 0 atom stereocenters. The molecule has 0 aromatic carbocycles. The molecule has 0 aliphatic carbocycles. The Morgan fingerprint density at radius 3 is 2.69 bits per heavy atom. The number of carbonyl (C=O) groups is 2. The summed E-state index contributed by atoms with van der Waals surface area (Å²) in [5.74, 6) is 2.05. The van der Waals surface area contributed by atoms with E-state index in [0.29, 0.717) is 32.6 Å². The third-order valence-corrected chi connectivity index (χ3v) is 4.69. The van der Waals surface area contributed by atoms with Crippen LogP contribution in [0, 0.1) is 0 Å². The quantitative estimate of drug-likeness (QED) is 0.756. The predicted octanol–water partition coefficient (Wildman–Crippen LogP) is -0.313. The third-order valence-electron chi connectivity index (χ3n) is 4.69. The Balaban J connectivity index is 1.52. The van der Waals surface area contributed by atoms with Gasteiger partial charge >= 0.3 is 0 Å². The first-order chi connectivity index (χ1) is 12.5. The van der Waals surface area contributed by atoms with Crippen LogP contribution < -0.4 is 5.32 Å². The monoisotopic (exact) mass is 360 g/mol. The van der Waals surface area contributed by atoms with Gasteiger partial charge in [0, 0.05) is 45.9 Å². The van der Waals surface area contributed by atoms with Gasteiger partial charge in [-0.2, -0.15) is 5.10 Å². The van der Waals surface area contributed by atoms with Crippen molar-refractivity contribution < 1.29 is 9.59 Å². The van der Waals surface area contributed by atoms with Gasteiger partial charge in [0.25, 0.3) is 0 Å². The topological polar surface area (TPSA) is 111 Å². The molecule has 1 aliphatic heterocycles. The third kappa shape index (κ3) is 4.24. The predicted molar refractivity (Wildman–Crippen MR) is 92.0 cm³/mol. The largest absolute Gasteiger partial charge is 0.356 e. The number of aromatic nitrogens is 6. The molecule has 1 saturated heterocycles. The number of piperidine rings is 1. The van der Waals surface area contributed by atoms with Crippen molar-refractivity contribution >= 4 is 11.8 Å². The SMILES string of the molecule is CC(=O)NCCC(=O)N1CCC(c2nnc(Cn3cncn3)n2C)CC1. The summed E-state index contributed by atoms with van der Waals surface area (Å²) in [5.41, 5.74) is 0. The van der Waals surface area contributed by atoms with E-state index in [1.807, 2.05) is 16.5 Å². The summed E-state index contributed by atoms with van der Waals surface area (Å²) >= 11 is 0. The highest BCUT2D eigenvalue weighted by Gasteiger charge is 2.27. The van der Waals surface area contributed by atoms with E-state index in [2.05, 4.69) is 25.6 Å². The average molecular weight is 360 g/mol. The first-order valence-corrected chi connectivity index (χ1v) is 8.77. The van der Waals surface area contributed by atoms with Crippen molar-refractivity contribution in [3.63, 3.8) is 0 Å². The molecule has 3 rings (SSSR count). The lowest BCUT2D eigenvalue weighted by molar-refractivity contribution is -0.132. The molecule has 0 bridgehead atoms. The number of likely N-dealkylation sites (tertiary alicyclic amines) is 1. The molecular formula is C16H24N8O2. The minimum absolute atomic E-state index is 0.0852. The lowest BCUT2D eigenvalue weighted by atomic mass is 9.95. The molecule has 2 amide bonds. The fourth-order valence-corrected chi connectivity index (χ4v) is 3.22. The smallest absolute Gasteiger partial charge is 0.224 e. The van der Waals surface area contributed by atoms with Crippen LogP contribution >= 0.6 is 0 Å². The van der Waals surface area contributed by atoms with Gasteiger partial charge in [-0.1, -0.05) is 0 Å². The van der Waals surface area contributed by atoms with Crippen molar-refractivity contribution in [2.45, 2.75) is 38.6 Å². The summed E-state index contributed by atoms with van der Waals surface area (Å²) in [6, 6.07) is 0. The van der Waals surface area contributed by atoms with Crippen molar-refractivity contribution in [2.75, 3.05) is 19.6 Å². The Kier molecular flexibility index (Phi) is 5.59. The van der Waals surface area contributed by atoms with Gasteiger partial charge in [-0.05, 0) is 12.8 Å². The summed E-state index contributed by atoms with van der Waals surface area (Å²) in [7, 11) is 1.96. The second kappa shape index (κ2) is 8.07. The molecule has 1 N–H and O–H groups in total. The number of hydrogen-bond acceptors (Lipinski definition) is 6. The highest BCUT2D eigenvalue weighted by atomic mass is 16.2. The van der Waals surface area contributed by atoms with E-state index in [9.17, 15) is 9.59 Å². The van der Waals surface area contributed by atoms with E-state index in [1.165, 1.54) is 13.3 Å². The van der Waals surface area contributed by atoms with Gasteiger partial charge < -0.3 is 14.8 Å².